The Labute approximate surface area is 115 Å². The number of carbonyl (C=O) groups is 1. The summed E-state index contributed by atoms with van der Waals surface area (Å²) in [6.07, 6.45) is 0. The van der Waals surface area contributed by atoms with Gasteiger partial charge >= 0.3 is 0 Å². The van der Waals surface area contributed by atoms with Crippen LogP contribution >= 0.6 is 22.9 Å². The molecule has 0 unspecified atom stereocenters. The van der Waals surface area contributed by atoms with Gasteiger partial charge in [0.15, 0.2) is 4.80 Å². The van der Waals surface area contributed by atoms with E-state index in [2.05, 4.69) is 4.99 Å². The molecule has 0 aliphatic rings. The minimum absolute atomic E-state index is 0.0909. The minimum atomic E-state index is -0.106. The predicted octanol–water partition coefficient (Wildman–Crippen LogP) is 3.28. The van der Waals surface area contributed by atoms with Crippen LogP contribution in [-0.2, 0) is 11.8 Å². The molecule has 5 heteroatoms. The zero-order valence-electron chi connectivity index (χ0n) is 10.8. The van der Waals surface area contributed by atoms with Crippen LogP contribution in [0.3, 0.4) is 0 Å². The van der Waals surface area contributed by atoms with Crippen LogP contribution in [0, 0.1) is 12.8 Å². The number of fused-ring (bicyclic) bond motifs is 1. The van der Waals surface area contributed by atoms with Crippen LogP contribution in [0.15, 0.2) is 17.1 Å². The third-order valence-electron chi connectivity index (χ3n) is 2.80. The van der Waals surface area contributed by atoms with Crippen molar-refractivity contribution in [1.29, 1.82) is 0 Å². The van der Waals surface area contributed by atoms with Crippen LogP contribution in [0.25, 0.3) is 10.2 Å². The molecule has 1 amide bonds. The Morgan fingerprint density at radius 2 is 2.11 bits per heavy atom. The standard InChI is InChI=1S/C13H15ClN2OS/c1-7(2)12(17)15-13-16(4)10-8(3)5-6-9(14)11(10)18-13/h5-7H,1-4H3. The highest BCUT2D eigenvalue weighted by molar-refractivity contribution is 7.17. The van der Waals surface area contributed by atoms with Crippen LogP contribution in [0.2, 0.25) is 5.02 Å². The third-order valence-corrected chi connectivity index (χ3v) is 4.39. The van der Waals surface area contributed by atoms with Crippen molar-refractivity contribution in [3.05, 3.63) is 27.5 Å². The van der Waals surface area contributed by atoms with Crippen molar-refractivity contribution >= 4 is 39.1 Å². The molecule has 0 fully saturated rings. The Morgan fingerprint density at radius 3 is 2.67 bits per heavy atom. The molecule has 1 aromatic carbocycles. The molecular formula is C13H15ClN2OS. The van der Waals surface area contributed by atoms with E-state index >= 15 is 0 Å². The molecule has 18 heavy (non-hydrogen) atoms. The Hall–Kier alpha value is -1.13. The number of aromatic nitrogens is 1. The molecule has 1 heterocycles. The van der Waals surface area contributed by atoms with Crippen molar-refractivity contribution in [3.63, 3.8) is 0 Å². The number of benzene rings is 1. The van der Waals surface area contributed by atoms with Crippen molar-refractivity contribution in [2.45, 2.75) is 20.8 Å². The van der Waals surface area contributed by atoms with E-state index < -0.39 is 0 Å². The maximum atomic E-state index is 11.7. The zero-order chi connectivity index (χ0) is 13.4. The number of hydrogen-bond acceptors (Lipinski definition) is 2. The van der Waals surface area contributed by atoms with Crippen LogP contribution < -0.4 is 4.80 Å². The fourth-order valence-electron chi connectivity index (χ4n) is 1.74. The molecule has 0 aliphatic carbocycles. The molecule has 0 bridgehead atoms. The first-order valence-corrected chi connectivity index (χ1v) is 6.94. The topological polar surface area (TPSA) is 34.4 Å². The molecule has 96 valence electrons. The molecule has 0 spiro atoms. The first-order chi connectivity index (χ1) is 8.41. The van der Waals surface area contributed by atoms with E-state index in [-0.39, 0.29) is 11.8 Å². The molecule has 0 radical (unpaired) electrons. The lowest BCUT2D eigenvalue weighted by Gasteiger charge is -2.01. The van der Waals surface area contributed by atoms with Gasteiger partial charge in [0.1, 0.15) is 0 Å². The van der Waals surface area contributed by atoms with Gasteiger partial charge in [-0.3, -0.25) is 4.79 Å². The lowest BCUT2D eigenvalue weighted by atomic mass is 10.2. The second kappa shape index (κ2) is 4.86. The monoisotopic (exact) mass is 282 g/mol. The molecule has 0 aliphatic heterocycles. The Bertz CT molecular complexity index is 682. The molecule has 2 rings (SSSR count). The molecule has 0 N–H and O–H groups in total. The molecule has 0 atom stereocenters. The molecule has 3 nitrogen and oxygen atoms in total. The van der Waals surface area contributed by atoms with Gasteiger partial charge in [0.05, 0.1) is 15.2 Å². The van der Waals surface area contributed by atoms with Gasteiger partial charge < -0.3 is 4.57 Å². The quantitative estimate of drug-likeness (QED) is 0.790. The Kier molecular flexibility index (Phi) is 3.59. The van der Waals surface area contributed by atoms with Gasteiger partial charge in [-0.15, -0.1) is 0 Å². The van der Waals surface area contributed by atoms with Gasteiger partial charge in [0, 0.05) is 13.0 Å². The van der Waals surface area contributed by atoms with E-state index in [9.17, 15) is 4.79 Å². The average molecular weight is 283 g/mol. The normalized spacial score (nSPS) is 12.7. The van der Waals surface area contributed by atoms with E-state index in [1.807, 2.05) is 44.5 Å². The van der Waals surface area contributed by atoms with Crippen LogP contribution in [0.1, 0.15) is 19.4 Å². The van der Waals surface area contributed by atoms with E-state index in [1.165, 1.54) is 11.3 Å². The molecule has 0 saturated heterocycles. The fourth-order valence-corrected chi connectivity index (χ4v) is 3.11. The van der Waals surface area contributed by atoms with E-state index in [4.69, 9.17) is 11.6 Å². The highest BCUT2D eigenvalue weighted by Gasteiger charge is 2.11. The number of amides is 1. The third kappa shape index (κ3) is 2.22. The van der Waals surface area contributed by atoms with E-state index in [1.54, 1.807) is 0 Å². The van der Waals surface area contributed by atoms with Crippen molar-refractivity contribution in [3.8, 4) is 0 Å². The molecule has 1 aromatic heterocycles. The van der Waals surface area contributed by atoms with Gasteiger partial charge in [0.2, 0.25) is 0 Å². The second-order valence-electron chi connectivity index (χ2n) is 4.59. The fraction of sp³-hybridized carbons (Fsp3) is 0.385. The van der Waals surface area contributed by atoms with Gasteiger partial charge in [-0.2, -0.15) is 4.99 Å². The summed E-state index contributed by atoms with van der Waals surface area (Å²) in [4.78, 5) is 16.6. The SMILES string of the molecule is Cc1ccc(Cl)c2sc(=NC(=O)C(C)C)n(C)c12. The van der Waals surface area contributed by atoms with E-state index in [0.717, 1.165) is 15.8 Å². The van der Waals surface area contributed by atoms with Crippen LogP contribution in [0.5, 0.6) is 0 Å². The number of nitrogens with zero attached hydrogens (tertiary/aromatic N) is 2. The summed E-state index contributed by atoms with van der Waals surface area (Å²) in [6, 6.07) is 3.86. The number of aryl methyl sites for hydroxylation is 2. The Morgan fingerprint density at radius 1 is 1.44 bits per heavy atom. The maximum absolute atomic E-state index is 11.7. The van der Waals surface area contributed by atoms with Gasteiger partial charge in [-0.1, -0.05) is 42.9 Å². The number of hydrogen-bond donors (Lipinski definition) is 0. The summed E-state index contributed by atoms with van der Waals surface area (Å²) < 4.78 is 2.91. The second-order valence-corrected chi connectivity index (χ2v) is 5.98. The lowest BCUT2D eigenvalue weighted by Crippen LogP contribution is -2.15. The largest absolute Gasteiger partial charge is 0.319 e. The van der Waals surface area contributed by atoms with Crippen LogP contribution in [-0.4, -0.2) is 10.5 Å². The summed E-state index contributed by atoms with van der Waals surface area (Å²) in [5, 5.41) is 0.703. The number of halogens is 1. The molecule has 2 aromatic rings. The maximum Gasteiger partial charge on any atom is 0.250 e. The molecular weight excluding hydrogens is 268 g/mol. The summed E-state index contributed by atoms with van der Waals surface area (Å²) in [5.74, 6) is -0.197. The van der Waals surface area contributed by atoms with Gasteiger partial charge in [-0.05, 0) is 18.6 Å². The summed E-state index contributed by atoms with van der Waals surface area (Å²) >= 11 is 7.64. The summed E-state index contributed by atoms with van der Waals surface area (Å²) in [6.45, 7) is 5.72. The average Bonchev–Trinajstić information content (AvgIpc) is 2.63. The number of carbonyl (C=O) groups excluding carboxylic acids is 1. The number of rotatable bonds is 1. The van der Waals surface area contributed by atoms with E-state index in [0.29, 0.717) is 9.82 Å². The van der Waals surface area contributed by atoms with Crippen molar-refractivity contribution in [1.82, 2.24) is 4.57 Å². The Balaban J connectivity index is 2.76. The van der Waals surface area contributed by atoms with Gasteiger partial charge in [-0.25, -0.2) is 0 Å². The summed E-state index contributed by atoms with van der Waals surface area (Å²) in [5.41, 5.74) is 2.18. The number of thiazole rings is 1. The van der Waals surface area contributed by atoms with Crippen molar-refractivity contribution in [2.75, 3.05) is 0 Å². The van der Waals surface area contributed by atoms with Crippen molar-refractivity contribution < 1.29 is 4.79 Å². The minimum Gasteiger partial charge on any atom is -0.319 e. The lowest BCUT2D eigenvalue weighted by molar-refractivity contribution is -0.120. The smallest absolute Gasteiger partial charge is 0.250 e. The highest BCUT2D eigenvalue weighted by Crippen LogP contribution is 2.28. The molecule has 0 saturated carbocycles. The first kappa shape index (κ1) is 13.3. The predicted molar refractivity (Wildman–Crippen MR) is 76.0 cm³/mol. The summed E-state index contributed by atoms with van der Waals surface area (Å²) in [7, 11) is 1.91. The first-order valence-electron chi connectivity index (χ1n) is 5.75. The van der Waals surface area contributed by atoms with Crippen LogP contribution in [0.4, 0.5) is 0 Å². The van der Waals surface area contributed by atoms with Gasteiger partial charge in [0.25, 0.3) is 5.91 Å². The van der Waals surface area contributed by atoms with Crippen molar-refractivity contribution in [2.24, 2.45) is 18.0 Å². The highest BCUT2D eigenvalue weighted by atomic mass is 35.5. The zero-order valence-corrected chi connectivity index (χ0v) is 12.4.